The van der Waals surface area contributed by atoms with Gasteiger partial charge in [-0.2, -0.15) is 10.4 Å². The second-order valence-electron chi connectivity index (χ2n) is 8.00. The molecular weight excluding hydrogens is 448 g/mol. The number of nitrogens with one attached hydrogen (secondary N) is 1. The first-order chi connectivity index (χ1) is 16.5. The van der Waals surface area contributed by atoms with Gasteiger partial charge in [-0.3, -0.25) is 9.67 Å². The summed E-state index contributed by atoms with van der Waals surface area (Å²) in [6, 6.07) is 13.7. The van der Waals surface area contributed by atoms with Gasteiger partial charge in [0, 0.05) is 56.4 Å². The number of hydrogen-bond donors (Lipinski definition) is 1. The minimum absolute atomic E-state index is 0.213. The minimum atomic E-state index is 0.213. The fourth-order valence-corrected chi connectivity index (χ4v) is 4.15. The SMILES string of the molecule is Cn1ccc(CCNc2nc(-c3ccn(C)n3)c(-c3cc(Cl)c4ncccc4c3)nc2C#N)c1. The number of rotatable bonds is 6. The predicted molar refractivity (Wildman–Crippen MR) is 132 cm³/mol. The van der Waals surface area contributed by atoms with Crippen molar-refractivity contribution < 1.29 is 0 Å². The molecule has 0 unspecified atom stereocenters. The van der Waals surface area contributed by atoms with Gasteiger partial charge in [0.05, 0.1) is 10.5 Å². The van der Waals surface area contributed by atoms with Crippen LogP contribution in [0, 0.1) is 11.3 Å². The zero-order chi connectivity index (χ0) is 23.7. The van der Waals surface area contributed by atoms with E-state index in [9.17, 15) is 5.26 Å². The van der Waals surface area contributed by atoms with Crippen LogP contribution in [0.4, 0.5) is 5.82 Å². The molecule has 1 N–H and O–H groups in total. The number of aryl methyl sites for hydroxylation is 2. The molecular formula is C25H21ClN8. The summed E-state index contributed by atoms with van der Waals surface area (Å²) in [5, 5.41) is 19.0. The van der Waals surface area contributed by atoms with E-state index < -0.39 is 0 Å². The van der Waals surface area contributed by atoms with Gasteiger partial charge >= 0.3 is 0 Å². The summed E-state index contributed by atoms with van der Waals surface area (Å²) in [5.41, 5.74) is 4.62. The predicted octanol–water partition coefficient (Wildman–Crippen LogP) is 4.61. The highest BCUT2D eigenvalue weighted by molar-refractivity contribution is 6.35. The van der Waals surface area contributed by atoms with Crippen LogP contribution < -0.4 is 5.32 Å². The number of aromatic nitrogens is 6. The Morgan fingerprint density at radius 1 is 1.09 bits per heavy atom. The molecule has 0 aliphatic rings. The molecule has 0 saturated carbocycles. The van der Waals surface area contributed by atoms with E-state index in [1.807, 2.05) is 55.3 Å². The molecule has 0 aliphatic carbocycles. The number of nitrogens with zero attached hydrogens (tertiary/aromatic N) is 7. The number of benzene rings is 1. The van der Waals surface area contributed by atoms with Gasteiger partial charge in [0.15, 0.2) is 11.5 Å². The first-order valence-corrected chi connectivity index (χ1v) is 11.1. The Labute approximate surface area is 201 Å². The third kappa shape index (κ3) is 4.21. The van der Waals surface area contributed by atoms with E-state index >= 15 is 0 Å². The van der Waals surface area contributed by atoms with Crippen LogP contribution in [0.25, 0.3) is 33.5 Å². The Kier molecular flexibility index (Phi) is 5.70. The number of fused-ring (bicyclic) bond motifs is 1. The van der Waals surface area contributed by atoms with Crippen molar-refractivity contribution in [1.29, 1.82) is 5.26 Å². The number of pyridine rings is 1. The van der Waals surface area contributed by atoms with Gasteiger partial charge in [-0.25, -0.2) is 9.97 Å². The van der Waals surface area contributed by atoms with E-state index in [4.69, 9.17) is 21.6 Å². The number of anilines is 1. The average molecular weight is 469 g/mol. The van der Waals surface area contributed by atoms with Crippen LogP contribution in [0.3, 0.4) is 0 Å². The van der Waals surface area contributed by atoms with Crippen LogP contribution in [0.5, 0.6) is 0 Å². The van der Waals surface area contributed by atoms with E-state index in [2.05, 4.69) is 33.7 Å². The van der Waals surface area contributed by atoms with Gasteiger partial charge in [-0.15, -0.1) is 0 Å². The Morgan fingerprint density at radius 2 is 1.97 bits per heavy atom. The van der Waals surface area contributed by atoms with Crippen LogP contribution in [0.15, 0.2) is 61.2 Å². The largest absolute Gasteiger partial charge is 0.367 e. The quantitative estimate of drug-likeness (QED) is 0.391. The van der Waals surface area contributed by atoms with Crippen molar-refractivity contribution in [3.8, 4) is 28.7 Å². The van der Waals surface area contributed by atoms with E-state index in [0.717, 1.165) is 17.4 Å². The highest BCUT2D eigenvalue weighted by Crippen LogP contribution is 2.34. The third-order valence-electron chi connectivity index (χ3n) is 5.49. The highest BCUT2D eigenvalue weighted by atomic mass is 35.5. The normalized spacial score (nSPS) is 11.0. The van der Waals surface area contributed by atoms with Crippen molar-refractivity contribution in [1.82, 2.24) is 29.3 Å². The van der Waals surface area contributed by atoms with Gasteiger partial charge in [0.2, 0.25) is 0 Å². The standard InChI is InChI=1S/C25H21ClN8/c1-33-10-6-16(15-33)5-9-29-25-21(14-27)30-23(24(31-25)20-7-11-34(2)32-20)18-12-17-4-3-8-28-22(17)19(26)13-18/h3-4,6-8,10-13,15H,5,9H2,1-2H3,(H,29,31). The lowest BCUT2D eigenvalue weighted by Crippen LogP contribution is -2.10. The van der Waals surface area contributed by atoms with Crippen LogP contribution >= 0.6 is 11.6 Å². The molecule has 0 amide bonds. The van der Waals surface area contributed by atoms with Crippen LogP contribution in [-0.2, 0) is 20.5 Å². The molecule has 9 heteroatoms. The molecule has 0 bridgehead atoms. The monoisotopic (exact) mass is 468 g/mol. The van der Waals surface area contributed by atoms with E-state index in [0.29, 0.717) is 40.0 Å². The number of halogens is 1. The van der Waals surface area contributed by atoms with E-state index in [1.54, 1.807) is 16.9 Å². The van der Waals surface area contributed by atoms with Gasteiger partial charge < -0.3 is 9.88 Å². The molecule has 4 heterocycles. The Balaban J connectivity index is 1.59. The summed E-state index contributed by atoms with van der Waals surface area (Å²) in [6.07, 6.45) is 8.42. The zero-order valence-corrected chi connectivity index (χ0v) is 19.5. The second kappa shape index (κ2) is 8.96. The molecule has 0 spiro atoms. The molecule has 1 aromatic carbocycles. The first kappa shape index (κ1) is 21.6. The summed E-state index contributed by atoms with van der Waals surface area (Å²) in [7, 11) is 3.83. The molecule has 0 aliphatic heterocycles. The molecule has 0 radical (unpaired) electrons. The first-order valence-electron chi connectivity index (χ1n) is 10.7. The average Bonchev–Trinajstić information content (AvgIpc) is 3.46. The minimum Gasteiger partial charge on any atom is -0.367 e. The lowest BCUT2D eigenvalue weighted by Gasteiger charge is -2.13. The zero-order valence-electron chi connectivity index (χ0n) is 18.7. The van der Waals surface area contributed by atoms with Gasteiger partial charge in [0.25, 0.3) is 0 Å². The van der Waals surface area contributed by atoms with Crippen molar-refractivity contribution in [2.24, 2.45) is 14.1 Å². The molecule has 5 aromatic rings. The molecule has 34 heavy (non-hydrogen) atoms. The summed E-state index contributed by atoms with van der Waals surface area (Å²) in [4.78, 5) is 13.9. The maximum absolute atomic E-state index is 9.85. The molecule has 0 fully saturated rings. The van der Waals surface area contributed by atoms with Crippen molar-refractivity contribution in [2.75, 3.05) is 11.9 Å². The summed E-state index contributed by atoms with van der Waals surface area (Å²) < 4.78 is 3.72. The fraction of sp³-hybridized carbons (Fsp3) is 0.160. The summed E-state index contributed by atoms with van der Waals surface area (Å²) >= 11 is 6.54. The molecule has 4 aromatic heterocycles. The van der Waals surface area contributed by atoms with Gasteiger partial charge in [0.1, 0.15) is 23.2 Å². The molecule has 8 nitrogen and oxygen atoms in total. The van der Waals surface area contributed by atoms with Crippen molar-refractivity contribution in [2.45, 2.75) is 6.42 Å². The maximum atomic E-state index is 9.85. The van der Waals surface area contributed by atoms with E-state index in [1.165, 1.54) is 5.56 Å². The van der Waals surface area contributed by atoms with Gasteiger partial charge in [-0.05, 0) is 42.3 Å². The number of nitriles is 1. The van der Waals surface area contributed by atoms with Crippen molar-refractivity contribution in [3.05, 3.63) is 77.5 Å². The molecule has 5 rings (SSSR count). The summed E-state index contributed by atoms with van der Waals surface area (Å²) in [6.45, 7) is 0.613. The molecule has 168 valence electrons. The third-order valence-corrected chi connectivity index (χ3v) is 5.78. The van der Waals surface area contributed by atoms with Crippen LogP contribution in [0.1, 0.15) is 11.3 Å². The van der Waals surface area contributed by atoms with Crippen LogP contribution in [-0.4, -0.2) is 35.8 Å². The van der Waals surface area contributed by atoms with Crippen LogP contribution in [0.2, 0.25) is 5.02 Å². The second-order valence-corrected chi connectivity index (χ2v) is 8.41. The van der Waals surface area contributed by atoms with Crippen molar-refractivity contribution in [3.63, 3.8) is 0 Å². The lowest BCUT2D eigenvalue weighted by molar-refractivity contribution is 0.770. The van der Waals surface area contributed by atoms with E-state index in [-0.39, 0.29) is 5.69 Å². The highest BCUT2D eigenvalue weighted by Gasteiger charge is 2.19. The topological polar surface area (TPSA) is 97.2 Å². The number of hydrogen-bond acceptors (Lipinski definition) is 6. The molecule has 0 atom stereocenters. The van der Waals surface area contributed by atoms with Crippen molar-refractivity contribution >= 4 is 28.3 Å². The Hall–Kier alpha value is -4.22. The Morgan fingerprint density at radius 3 is 2.71 bits per heavy atom. The lowest BCUT2D eigenvalue weighted by atomic mass is 10.0. The smallest absolute Gasteiger partial charge is 0.183 e. The molecule has 0 saturated heterocycles. The fourth-order valence-electron chi connectivity index (χ4n) is 3.88. The Bertz CT molecular complexity index is 1540. The summed E-state index contributed by atoms with van der Waals surface area (Å²) in [5.74, 6) is 0.427. The maximum Gasteiger partial charge on any atom is 0.183 e. The van der Waals surface area contributed by atoms with Gasteiger partial charge in [-0.1, -0.05) is 17.7 Å².